The van der Waals surface area contributed by atoms with E-state index in [2.05, 4.69) is 10.2 Å². The highest BCUT2D eigenvalue weighted by Crippen LogP contribution is 2.34. The zero-order valence-electron chi connectivity index (χ0n) is 20.8. The third kappa shape index (κ3) is 6.02. The van der Waals surface area contributed by atoms with Crippen LogP contribution in [-0.2, 0) is 18.9 Å². The highest BCUT2D eigenvalue weighted by molar-refractivity contribution is 5.91. The lowest BCUT2D eigenvalue weighted by Gasteiger charge is -2.39. The van der Waals surface area contributed by atoms with E-state index in [1.54, 1.807) is 97.9 Å². The molecule has 4 aromatic rings. The lowest BCUT2D eigenvalue weighted by molar-refractivity contribution is -0.197. The Labute approximate surface area is 223 Å². The van der Waals surface area contributed by atoms with E-state index < -0.39 is 42.3 Å². The Morgan fingerprint density at radius 3 is 1.59 bits per heavy atom. The smallest absolute Gasteiger partial charge is 0.338 e. The van der Waals surface area contributed by atoms with E-state index in [1.807, 2.05) is 0 Å². The lowest BCUT2D eigenvalue weighted by Crippen LogP contribution is -2.54. The summed E-state index contributed by atoms with van der Waals surface area (Å²) in [6.07, 6.45) is -4.80. The normalized spacial score (nSPS) is 20.5. The molecule has 10 nitrogen and oxygen atoms in total. The second-order valence-corrected chi connectivity index (χ2v) is 8.69. The van der Waals surface area contributed by atoms with E-state index in [9.17, 15) is 14.4 Å². The van der Waals surface area contributed by atoms with Crippen LogP contribution in [0.3, 0.4) is 0 Å². The van der Waals surface area contributed by atoms with Gasteiger partial charge in [0, 0.05) is 6.92 Å². The van der Waals surface area contributed by atoms with Crippen molar-refractivity contribution >= 4 is 17.9 Å². The van der Waals surface area contributed by atoms with Gasteiger partial charge in [0.25, 0.3) is 0 Å². The molecule has 0 spiro atoms. The Kier molecular flexibility index (Phi) is 7.74. The molecule has 2 heterocycles. The molecule has 0 amide bonds. The molecule has 5 rings (SSSR count). The van der Waals surface area contributed by atoms with Crippen molar-refractivity contribution in [2.45, 2.75) is 31.3 Å². The van der Waals surface area contributed by atoms with E-state index in [1.165, 1.54) is 0 Å². The van der Waals surface area contributed by atoms with Crippen LogP contribution in [0, 0.1) is 6.92 Å². The highest BCUT2D eigenvalue weighted by atomic mass is 16.6. The summed E-state index contributed by atoms with van der Waals surface area (Å²) in [5.41, 5.74) is 0.808. The predicted octanol–water partition coefficient (Wildman–Crippen LogP) is 4.13. The van der Waals surface area contributed by atoms with Crippen molar-refractivity contribution in [2.24, 2.45) is 0 Å². The SMILES string of the molecule is Cc1nnc(C2OCC(OC(=O)c3ccccc3)C(OC(=O)c3ccccc3)C2OC(=O)c2ccccc2)o1. The summed E-state index contributed by atoms with van der Waals surface area (Å²) < 4.78 is 29.0. The number of aryl methyl sites for hydroxylation is 1. The van der Waals surface area contributed by atoms with Gasteiger partial charge in [-0.05, 0) is 36.4 Å². The van der Waals surface area contributed by atoms with Crippen molar-refractivity contribution in [2.75, 3.05) is 6.61 Å². The van der Waals surface area contributed by atoms with Gasteiger partial charge in [-0.15, -0.1) is 10.2 Å². The molecule has 4 atom stereocenters. The number of carbonyl (C=O) groups excluding carboxylic acids is 3. The van der Waals surface area contributed by atoms with Gasteiger partial charge < -0.3 is 23.4 Å². The monoisotopic (exact) mass is 528 g/mol. The fourth-order valence-electron chi connectivity index (χ4n) is 4.10. The zero-order chi connectivity index (χ0) is 27.2. The Morgan fingerprint density at radius 1 is 0.667 bits per heavy atom. The number of aromatic nitrogens is 2. The predicted molar refractivity (Wildman–Crippen MR) is 135 cm³/mol. The van der Waals surface area contributed by atoms with Gasteiger partial charge in [-0.2, -0.15) is 0 Å². The zero-order valence-corrected chi connectivity index (χ0v) is 20.8. The third-order valence-corrected chi connectivity index (χ3v) is 5.99. The van der Waals surface area contributed by atoms with Gasteiger partial charge in [-0.3, -0.25) is 0 Å². The first kappa shape index (κ1) is 25.8. The van der Waals surface area contributed by atoms with E-state index in [0.29, 0.717) is 0 Å². The largest absolute Gasteiger partial charge is 0.452 e. The van der Waals surface area contributed by atoms with Gasteiger partial charge in [0.15, 0.2) is 24.4 Å². The Morgan fingerprint density at radius 2 is 1.13 bits per heavy atom. The summed E-state index contributed by atoms with van der Waals surface area (Å²) in [6, 6.07) is 24.9. The van der Waals surface area contributed by atoms with E-state index in [4.69, 9.17) is 23.4 Å². The first-order chi connectivity index (χ1) is 19.0. The minimum atomic E-state index is -1.30. The molecule has 1 aliphatic rings. The second-order valence-electron chi connectivity index (χ2n) is 8.69. The van der Waals surface area contributed by atoms with Crippen molar-refractivity contribution in [1.82, 2.24) is 10.2 Å². The maximum atomic E-state index is 13.2. The van der Waals surface area contributed by atoms with Crippen LogP contribution in [0.4, 0.5) is 0 Å². The van der Waals surface area contributed by atoms with E-state index in [0.717, 1.165) is 0 Å². The number of benzene rings is 3. The van der Waals surface area contributed by atoms with Crippen molar-refractivity contribution in [3.63, 3.8) is 0 Å². The summed E-state index contributed by atoms with van der Waals surface area (Å²) in [4.78, 5) is 39.3. The average molecular weight is 529 g/mol. The van der Waals surface area contributed by atoms with Crippen molar-refractivity contribution < 1.29 is 37.7 Å². The third-order valence-electron chi connectivity index (χ3n) is 5.99. The lowest BCUT2D eigenvalue weighted by atomic mass is 9.98. The number of hydrogen-bond donors (Lipinski definition) is 0. The summed E-state index contributed by atoms with van der Waals surface area (Å²) in [7, 11) is 0. The van der Waals surface area contributed by atoms with Gasteiger partial charge in [-0.25, -0.2) is 14.4 Å². The molecule has 0 saturated carbocycles. The number of carbonyl (C=O) groups is 3. The topological polar surface area (TPSA) is 127 Å². The molecule has 39 heavy (non-hydrogen) atoms. The van der Waals surface area contributed by atoms with Crippen LogP contribution < -0.4 is 0 Å². The summed E-state index contributed by atoms with van der Waals surface area (Å²) in [5.74, 6) is -1.79. The molecular weight excluding hydrogens is 504 g/mol. The van der Waals surface area contributed by atoms with Crippen molar-refractivity contribution in [3.8, 4) is 0 Å². The number of nitrogens with zero attached hydrogens (tertiary/aromatic N) is 2. The molecule has 1 saturated heterocycles. The van der Waals surface area contributed by atoms with Crippen LogP contribution in [-0.4, -0.2) is 53.0 Å². The number of esters is 3. The van der Waals surface area contributed by atoms with E-state index in [-0.39, 0.29) is 35.1 Å². The van der Waals surface area contributed by atoms with Crippen LogP contribution in [0.25, 0.3) is 0 Å². The molecule has 3 aromatic carbocycles. The molecule has 4 unspecified atom stereocenters. The molecule has 10 heteroatoms. The van der Waals surface area contributed by atoms with Gasteiger partial charge >= 0.3 is 17.9 Å². The maximum Gasteiger partial charge on any atom is 0.338 e. The molecule has 0 N–H and O–H groups in total. The molecular formula is C29H24N2O8. The number of ether oxygens (including phenoxy) is 4. The van der Waals surface area contributed by atoms with Crippen LogP contribution in [0.1, 0.15) is 49.0 Å². The Balaban J connectivity index is 1.50. The summed E-state index contributed by atoms with van der Waals surface area (Å²) in [6.45, 7) is 1.40. The molecule has 1 aliphatic heterocycles. The molecule has 1 aromatic heterocycles. The quantitative estimate of drug-likeness (QED) is 0.255. The fraction of sp³-hybridized carbons (Fsp3) is 0.207. The van der Waals surface area contributed by atoms with Gasteiger partial charge in [0.1, 0.15) is 0 Å². The summed E-state index contributed by atoms with van der Waals surface area (Å²) in [5, 5.41) is 7.87. The van der Waals surface area contributed by atoms with Crippen LogP contribution in [0.2, 0.25) is 0 Å². The molecule has 198 valence electrons. The number of hydrogen-bond acceptors (Lipinski definition) is 10. The number of rotatable bonds is 7. The standard InChI is InChI=1S/C29H24N2O8/c1-18-30-31-26(36-18)25-24(39-29(34)21-15-9-4-10-16-21)23(38-28(33)20-13-7-3-8-14-20)22(17-35-25)37-27(32)19-11-5-2-6-12-19/h2-16,22-25H,17H2,1H3. The molecule has 0 bridgehead atoms. The fourth-order valence-corrected chi connectivity index (χ4v) is 4.10. The maximum absolute atomic E-state index is 13.2. The second kappa shape index (κ2) is 11.7. The van der Waals surface area contributed by atoms with Crippen LogP contribution >= 0.6 is 0 Å². The first-order valence-corrected chi connectivity index (χ1v) is 12.2. The van der Waals surface area contributed by atoms with Gasteiger partial charge in [0.05, 0.1) is 23.3 Å². The van der Waals surface area contributed by atoms with Crippen molar-refractivity contribution in [1.29, 1.82) is 0 Å². The van der Waals surface area contributed by atoms with Gasteiger partial charge in [0.2, 0.25) is 11.8 Å². The van der Waals surface area contributed by atoms with Crippen LogP contribution in [0.15, 0.2) is 95.4 Å². The van der Waals surface area contributed by atoms with Crippen molar-refractivity contribution in [3.05, 3.63) is 119 Å². The molecule has 0 radical (unpaired) electrons. The van der Waals surface area contributed by atoms with Crippen LogP contribution in [0.5, 0.6) is 0 Å². The highest BCUT2D eigenvalue weighted by Gasteiger charge is 2.50. The molecule has 1 fully saturated rings. The molecule has 0 aliphatic carbocycles. The van der Waals surface area contributed by atoms with Gasteiger partial charge in [-0.1, -0.05) is 54.6 Å². The average Bonchev–Trinajstić information content (AvgIpc) is 3.41. The first-order valence-electron chi connectivity index (χ1n) is 12.2. The minimum Gasteiger partial charge on any atom is -0.452 e. The minimum absolute atomic E-state index is 0.0203. The Hall–Kier alpha value is -4.83. The summed E-state index contributed by atoms with van der Waals surface area (Å²) >= 11 is 0. The Bertz CT molecular complexity index is 1430. The van der Waals surface area contributed by atoms with E-state index >= 15 is 0 Å².